The largest absolute Gasteiger partial charge is 0.495 e. The van der Waals surface area contributed by atoms with Crippen molar-refractivity contribution in [3.63, 3.8) is 0 Å². The highest BCUT2D eigenvalue weighted by molar-refractivity contribution is 9.10. The molecule has 2 unspecified atom stereocenters. The third-order valence-corrected chi connectivity index (χ3v) is 3.78. The Hall–Kier alpha value is -0.300. The SMILES string of the molecule is COc1cc(C(O)C(O)CBr)cc(OC)c1Br. The van der Waals surface area contributed by atoms with Gasteiger partial charge in [-0.1, -0.05) is 15.9 Å². The highest BCUT2D eigenvalue weighted by atomic mass is 79.9. The maximum Gasteiger partial charge on any atom is 0.137 e. The van der Waals surface area contributed by atoms with Crippen LogP contribution in [-0.4, -0.2) is 35.9 Å². The first-order valence-electron chi connectivity index (χ1n) is 4.88. The van der Waals surface area contributed by atoms with Crippen molar-refractivity contribution < 1.29 is 19.7 Å². The summed E-state index contributed by atoms with van der Waals surface area (Å²) in [5.41, 5.74) is 0.536. The second-order valence-electron chi connectivity index (χ2n) is 3.41. The molecule has 0 fully saturated rings. The van der Waals surface area contributed by atoms with E-state index in [1.165, 1.54) is 14.2 Å². The second-order valence-corrected chi connectivity index (χ2v) is 4.85. The number of rotatable bonds is 5. The van der Waals surface area contributed by atoms with Gasteiger partial charge in [0, 0.05) is 5.33 Å². The lowest BCUT2D eigenvalue weighted by Crippen LogP contribution is -2.19. The highest BCUT2D eigenvalue weighted by Gasteiger charge is 2.20. The molecule has 0 heterocycles. The summed E-state index contributed by atoms with van der Waals surface area (Å²) in [5, 5.41) is 19.8. The van der Waals surface area contributed by atoms with Crippen molar-refractivity contribution in [3.05, 3.63) is 22.2 Å². The Morgan fingerprint density at radius 3 is 2.00 bits per heavy atom. The minimum absolute atomic E-state index is 0.287. The van der Waals surface area contributed by atoms with Crippen molar-refractivity contribution in [3.8, 4) is 11.5 Å². The standard InChI is InChI=1S/C11H14Br2O4/c1-16-8-3-6(11(15)7(14)5-12)4-9(17-2)10(8)13/h3-4,7,11,14-15H,5H2,1-2H3. The van der Waals surface area contributed by atoms with Crippen LogP contribution < -0.4 is 9.47 Å². The smallest absolute Gasteiger partial charge is 0.137 e. The van der Waals surface area contributed by atoms with Crippen molar-refractivity contribution >= 4 is 31.9 Å². The Morgan fingerprint density at radius 1 is 1.18 bits per heavy atom. The number of halogens is 2. The van der Waals surface area contributed by atoms with Crippen molar-refractivity contribution in [1.29, 1.82) is 0 Å². The van der Waals surface area contributed by atoms with Crippen LogP contribution in [0.5, 0.6) is 11.5 Å². The van der Waals surface area contributed by atoms with E-state index >= 15 is 0 Å². The summed E-state index contributed by atoms with van der Waals surface area (Å²) in [4.78, 5) is 0. The maximum atomic E-state index is 9.91. The molecule has 0 spiro atoms. The van der Waals surface area contributed by atoms with Gasteiger partial charge in [0.1, 0.15) is 22.1 Å². The van der Waals surface area contributed by atoms with Crippen LogP contribution in [0.4, 0.5) is 0 Å². The minimum atomic E-state index is -0.995. The summed E-state index contributed by atoms with van der Waals surface area (Å²) in [6, 6.07) is 3.31. The highest BCUT2D eigenvalue weighted by Crippen LogP contribution is 2.37. The molecule has 0 aliphatic carbocycles. The number of aliphatic hydroxyl groups is 2. The van der Waals surface area contributed by atoms with Crippen molar-refractivity contribution in [2.45, 2.75) is 12.2 Å². The molecule has 1 aromatic rings. The summed E-state index contributed by atoms with van der Waals surface area (Å²) in [6.07, 6.45) is -1.88. The van der Waals surface area contributed by atoms with Crippen LogP contribution in [0.25, 0.3) is 0 Å². The first-order valence-corrected chi connectivity index (χ1v) is 6.80. The van der Waals surface area contributed by atoms with Gasteiger partial charge in [0.2, 0.25) is 0 Å². The van der Waals surface area contributed by atoms with E-state index in [9.17, 15) is 10.2 Å². The summed E-state index contributed by atoms with van der Waals surface area (Å²) in [6.45, 7) is 0. The molecule has 6 heteroatoms. The molecule has 0 aliphatic rings. The molecule has 0 aliphatic heterocycles. The maximum absolute atomic E-state index is 9.91. The molecular weight excluding hydrogens is 356 g/mol. The topological polar surface area (TPSA) is 58.9 Å². The average Bonchev–Trinajstić information content (AvgIpc) is 2.37. The van der Waals surface area contributed by atoms with Crippen LogP contribution in [0.3, 0.4) is 0 Å². The quantitative estimate of drug-likeness (QED) is 0.781. The zero-order valence-corrected chi connectivity index (χ0v) is 12.7. The van der Waals surface area contributed by atoms with E-state index in [0.29, 0.717) is 21.5 Å². The number of hydrogen-bond donors (Lipinski definition) is 2. The molecule has 1 aromatic carbocycles. The van der Waals surface area contributed by atoms with Crippen LogP contribution in [0, 0.1) is 0 Å². The van der Waals surface area contributed by atoms with Crippen molar-refractivity contribution in [2.75, 3.05) is 19.5 Å². The molecule has 2 N–H and O–H groups in total. The van der Waals surface area contributed by atoms with Gasteiger partial charge in [-0.05, 0) is 33.6 Å². The van der Waals surface area contributed by atoms with Gasteiger partial charge in [0.15, 0.2) is 0 Å². The number of methoxy groups -OCH3 is 2. The van der Waals surface area contributed by atoms with Crippen molar-refractivity contribution in [1.82, 2.24) is 0 Å². The van der Waals surface area contributed by atoms with Gasteiger partial charge < -0.3 is 19.7 Å². The van der Waals surface area contributed by atoms with Gasteiger partial charge in [-0.3, -0.25) is 0 Å². The minimum Gasteiger partial charge on any atom is -0.495 e. The lowest BCUT2D eigenvalue weighted by Gasteiger charge is -2.18. The zero-order chi connectivity index (χ0) is 13.0. The second kappa shape index (κ2) is 6.58. The number of benzene rings is 1. The Balaban J connectivity index is 3.17. The molecule has 96 valence electrons. The van der Waals surface area contributed by atoms with Crippen molar-refractivity contribution in [2.24, 2.45) is 0 Å². The Kier molecular flexibility index (Phi) is 5.72. The van der Waals surface area contributed by atoms with Crippen LogP contribution in [-0.2, 0) is 0 Å². The zero-order valence-electron chi connectivity index (χ0n) is 9.48. The lowest BCUT2D eigenvalue weighted by atomic mass is 10.0. The third-order valence-electron chi connectivity index (χ3n) is 2.33. The first kappa shape index (κ1) is 14.8. The fraction of sp³-hybridized carbons (Fsp3) is 0.455. The summed E-state index contributed by atoms with van der Waals surface area (Å²) < 4.78 is 11.0. The fourth-order valence-corrected chi connectivity index (χ4v) is 2.27. The lowest BCUT2D eigenvalue weighted by molar-refractivity contribution is 0.0340. The van der Waals surface area contributed by atoms with Crippen LogP contribution in [0.15, 0.2) is 16.6 Å². The van der Waals surface area contributed by atoms with Crippen LogP contribution >= 0.6 is 31.9 Å². The molecule has 0 saturated heterocycles. The van der Waals surface area contributed by atoms with Gasteiger partial charge in [-0.15, -0.1) is 0 Å². The van der Waals surface area contributed by atoms with E-state index in [1.54, 1.807) is 12.1 Å². The Morgan fingerprint density at radius 2 is 1.65 bits per heavy atom. The molecule has 4 nitrogen and oxygen atoms in total. The number of alkyl halides is 1. The predicted octanol–water partition coefficient (Wildman–Crippen LogP) is 2.26. The van der Waals surface area contributed by atoms with E-state index in [-0.39, 0.29) is 5.33 Å². The van der Waals surface area contributed by atoms with Gasteiger partial charge in [-0.25, -0.2) is 0 Å². The summed E-state index contributed by atoms with van der Waals surface area (Å²) >= 11 is 6.45. The van der Waals surface area contributed by atoms with Crippen LogP contribution in [0.2, 0.25) is 0 Å². The summed E-state index contributed by atoms with van der Waals surface area (Å²) in [7, 11) is 3.05. The van der Waals surface area contributed by atoms with Gasteiger partial charge in [-0.2, -0.15) is 0 Å². The van der Waals surface area contributed by atoms with E-state index < -0.39 is 12.2 Å². The van der Waals surface area contributed by atoms with Gasteiger partial charge in [0.05, 0.1) is 20.3 Å². The molecule has 0 amide bonds. The molecule has 17 heavy (non-hydrogen) atoms. The van der Waals surface area contributed by atoms with Crippen LogP contribution in [0.1, 0.15) is 11.7 Å². The molecule has 0 saturated carbocycles. The average molecular weight is 370 g/mol. The van der Waals surface area contributed by atoms with Gasteiger partial charge >= 0.3 is 0 Å². The van der Waals surface area contributed by atoms with E-state index in [4.69, 9.17) is 9.47 Å². The first-order chi connectivity index (χ1) is 8.04. The number of aliphatic hydroxyl groups excluding tert-OH is 2. The van der Waals surface area contributed by atoms with E-state index in [0.717, 1.165) is 0 Å². The Bertz CT molecular complexity index is 359. The molecule has 1 rings (SSSR count). The molecule has 0 radical (unpaired) electrons. The molecule has 0 aromatic heterocycles. The fourth-order valence-electron chi connectivity index (χ4n) is 1.37. The Labute approximate surface area is 117 Å². The van der Waals surface area contributed by atoms with Gasteiger partial charge in [0.25, 0.3) is 0 Å². The monoisotopic (exact) mass is 368 g/mol. The third kappa shape index (κ3) is 3.34. The number of hydrogen-bond acceptors (Lipinski definition) is 4. The number of ether oxygens (including phenoxy) is 2. The van der Waals surface area contributed by atoms with E-state index in [2.05, 4.69) is 31.9 Å². The van der Waals surface area contributed by atoms with E-state index in [1.807, 2.05) is 0 Å². The molecule has 0 bridgehead atoms. The normalized spacial score (nSPS) is 14.2. The molecule has 2 atom stereocenters. The summed E-state index contributed by atoms with van der Waals surface area (Å²) in [5.74, 6) is 1.08. The molecular formula is C11H14Br2O4. The predicted molar refractivity (Wildman–Crippen MR) is 72.0 cm³/mol.